The predicted octanol–water partition coefficient (Wildman–Crippen LogP) is 1.56. The zero-order chi connectivity index (χ0) is 12.6. The number of methoxy groups -OCH3 is 1. The molecule has 1 aromatic rings. The van der Waals surface area contributed by atoms with Crippen LogP contribution in [0, 0.1) is 5.92 Å². The summed E-state index contributed by atoms with van der Waals surface area (Å²) in [5.74, 6) is 0.218. The van der Waals surface area contributed by atoms with E-state index in [2.05, 4.69) is 9.89 Å². The Balaban J connectivity index is 0.000000487. The number of carbonyl (C=O) groups is 1. The van der Waals surface area contributed by atoms with E-state index in [4.69, 9.17) is 4.52 Å². The van der Waals surface area contributed by atoms with E-state index in [1.54, 1.807) is 7.11 Å². The number of hydrogen-bond donors (Lipinski definition) is 1. The van der Waals surface area contributed by atoms with Crippen LogP contribution in [0.5, 0.6) is 0 Å². The van der Waals surface area contributed by atoms with E-state index in [9.17, 15) is 9.59 Å². The number of carbonyl (C=O) groups excluding carboxylic acids is 1. The number of rotatable bonds is 4. The smallest absolute Gasteiger partial charge is 0.280 e. The average molecular weight is 229 g/mol. The van der Waals surface area contributed by atoms with E-state index in [0.717, 1.165) is 12.9 Å². The van der Waals surface area contributed by atoms with Crippen LogP contribution in [0.15, 0.2) is 15.4 Å². The van der Waals surface area contributed by atoms with Crippen LogP contribution in [0.2, 0.25) is 0 Å². The summed E-state index contributed by atoms with van der Waals surface area (Å²) in [6, 6.07) is 1.30. The molecule has 1 unspecified atom stereocenters. The predicted molar refractivity (Wildman–Crippen MR) is 60.5 cm³/mol. The van der Waals surface area contributed by atoms with Crippen LogP contribution in [0.25, 0.3) is 0 Å². The highest BCUT2D eigenvalue weighted by Gasteiger charge is 2.18. The maximum absolute atomic E-state index is 10.7. The van der Waals surface area contributed by atoms with Crippen molar-refractivity contribution in [3.05, 3.63) is 22.2 Å². The average Bonchev–Trinajstić information content (AvgIpc) is 2.66. The third-order valence-corrected chi connectivity index (χ3v) is 2.02. The number of aldehydes is 1. The Bertz CT molecular complexity index is 338. The molecule has 0 fully saturated rings. The van der Waals surface area contributed by atoms with Gasteiger partial charge in [-0.25, -0.2) is 0 Å². The quantitative estimate of drug-likeness (QED) is 0.795. The van der Waals surface area contributed by atoms with Crippen LogP contribution in [-0.4, -0.2) is 25.2 Å². The minimum Gasteiger partial charge on any atom is -0.385 e. The van der Waals surface area contributed by atoms with Crippen molar-refractivity contribution >= 4 is 6.29 Å². The number of nitrogens with one attached hydrogen (secondary N) is 1. The molecule has 1 atom stereocenters. The molecule has 1 aromatic heterocycles. The molecule has 0 amide bonds. The Hall–Kier alpha value is -1.36. The fourth-order valence-corrected chi connectivity index (χ4v) is 1.01. The standard InChI is InChI=1S/C8H11NO3.C3H8O/c1-5(2)6(4-10)7-3-8(11)9-12-7;1-3-4-2/h3-6H,1-2H3,(H,9,11);3H2,1-2H3. The molecule has 0 spiro atoms. The summed E-state index contributed by atoms with van der Waals surface area (Å²) in [7, 11) is 1.68. The maximum Gasteiger partial charge on any atom is 0.280 e. The molecule has 1 N–H and O–H groups in total. The fraction of sp³-hybridized carbons (Fsp3) is 0.636. The normalized spacial score (nSPS) is 11.8. The van der Waals surface area contributed by atoms with Crippen molar-refractivity contribution in [2.45, 2.75) is 26.7 Å². The van der Waals surface area contributed by atoms with Crippen molar-refractivity contribution < 1.29 is 14.1 Å². The number of hydrogen-bond acceptors (Lipinski definition) is 4. The monoisotopic (exact) mass is 229 g/mol. The summed E-state index contributed by atoms with van der Waals surface area (Å²) in [5, 5.41) is 2.15. The zero-order valence-corrected chi connectivity index (χ0v) is 10.1. The highest BCUT2D eigenvalue weighted by Crippen LogP contribution is 2.19. The van der Waals surface area contributed by atoms with Crippen LogP contribution >= 0.6 is 0 Å². The first-order valence-electron chi connectivity index (χ1n) is 5.19. The van der Waals surface area contributed by atoms with Crippen LogP contribution in [0.4, 0.5) is 0 Å². The van der Waals surface area contributed by atoms with E-state index < -0.39 is 0 Å². The lowest BCUT2D eigenvalue weighted by Gasteiger charge is -2.08. The van der Waals surface area contributed by atoms with Gasteiger partial charge in [-0.05, 0) is 12.8 Å². The van der Waals surface area contributed by atoms with E-state index in [0.29, 0.717) is 5.76 Å². The molecule has 0 aliphatic rings. The maximum atomic E-state index is 10.7. The second-order valence-electron chi connectivity index (χ2n) is 3.60. The second-order valence-corrected chi connectivity index (χ2v) is 3.60. The summed E-state index contributed by atoms with van der Waals surface area (Å²) < 4.78 is 9.35. The third-order valence-electron chi connectivity index (χ3n) is 2.02. The Labute approximate surface area is 94.8 Å². The van der Waals surface area contributed by atoms with Crippen molar-refractivity contribution in [2.75, 3.05) is 13.7 Å². The Kier molecular flexibility index (Phi) is 7.20. The van der Waals surface area contributed by atoms with Crippen molar-refractivity contribution in [1.29, 1.82) is 0 Å². The number of aromatic amines is 1. The Morgan fingerprint density at radius 2 is 2.12 bits per heavy atom. The second kappa shape index (κ2) is 7.87. The van der Waals surface area contributed by atoms with Gasteiger partial charge in [0, 0.05) is 19.8 Å². The van der Waals surface area contributed by atoms with Crippen molar-refractivity contribution in [1.82, 2.24) is 5.16 Å². The molecule has 0 bridgehead atoms. The third kappa shape index (κ3) is 4.93. The molecule has 5 nitrogen and oxygen atoms in total. The van der Waals surface area contributed by atoms with Gasteiger partial charge in [0.1, 0.15) is 12.0 Å². The topological polar surface area (TPSA) is 72.3 Å². The van der Waals surface area contributed by atoms with Crippen LogP contribution in [-0.2, 0) is 9.53 Å². The van der Waals surface area contributed by atoms with Gasteiger partial charge in [-0.2, -0.15) is 5.16 Å². The van der Waals surface area contributed by atoms with Gasteiger partial charge >= 0.3 is 0 Å². The molecule has 0 aliphatic heterocycles. The summed E-state index contributed by atoms with van der Waals surface area (Å²) in [6.45, 7) is 6.57. The number of H-pyrrole nitrogens is 1. The van der Waals surface area contributed by atoms with Crippen LogP contribution in [0.1, 0.15) is 32.4 Å². The molecule has 16 heavy (non-hydrogen) atoms. The fourth-order valence-electron chi connectivity index (χ4n) is 1.01. The minimum atomic E-state index is -0.330. The van der Waals surface area contributed by atoms with Gasteiger partial charge < -0.3 is 14.1 Å². The summed E-state index contributed by atoms with van der Waals surface area (Å²) in [6.07, 6.45) is 0.788. The van der Waals surface area contributed by atoms with Gasteiger partial charge in [0.25, 0.3) is 5.56 Å². The van der Waals surface area contributed by atoms with Gasteiger partial charge in [0.15, 0.2) is 0 Å². The molecular formula is C11H19NO4. The first-order chi connectivity index (χ1) is 7.56. The molecule has 1 rings (SSSR count). The minimum absolute atomic E-state index is 0.140. The molecule has 0 radical (unpaired) electrons. The van der Waals surface area contributed by atoms with Gasteiger partial charge in [-0.15, -0.1) is 0 Å². The summed E-state index contributed by atoms with van der Waals surface area (Å²) in [5.41, 5.74) is -0.308. The van der Waals surface area contributed by atoms with Crippen molar-refractivity contribution in [2.24, 2.45) is 5.92 Å². The molecule has 5 heteroatoms. The molecule has 0 saturated heterocycles. The first-order valence-corrected chi connectivity index (χ1v) is 5.19. The lowest BCUT2D eigenvalue weighted by atomic mass is 9.95. The SMILES string of the molecule is CC(C)C(C=O)c1cc(=O)[nH]o1.CCOC. The molecular weight excluding hydrogens is 210 g/mol. The Morgan fingerprint density at radius 1 is 1.56 bits per heavy atom. The molecule has 92 valence electrons. The lowest BCUT2D eigenvalue weighted by Crippen LogP contribution is -2.07. The zero-order valence-electron chi connectivity index (χ0n) is 10.1. The van der Waals surface area contributed by atoms with E-state index in [1.165, 1.54) is 6.07 Å². The number of ether oxygens (including phenoxy) is 1. The first kappa shape index (κ1) is 14.6. The highest BCUT2D eigenvalue weighted by atomic mass is 16.5. The largest absolute Gasteiger partial charge is 0.385 e. The number of aromatic nitrogens is 1. The van der Waals surface area contributed by atoms with Gasteiger partial charge in [0.2, 0.25) is 0 Å². The van der Waals surface area contributed by atoms with Crippen molar-refractivity contribution in [3.63, 3.8) is 0 Å². The highest BCUT2D eigenvalue weighted by molar-refractivity contribution is 5.60. The van der Waals surface area contributed by atoms with E-state index in [1.807, 2.05) is 20.8 Å². The molecule has 0 saturated carbocycles. The molecule has 0 aromatic carbocycles. The van der Waals surface area contributed by atoms with E-state index >= 15 is 0 Å². The lowest BCUT2D eigenvalue weighted by molar-refractivity contribution is -0.110. The van der Waals surface area contributed by atoms with Crippen LogP contribution in [0.3, 0.4) is 0 Å². The summed E-state index contributed by atoms with van der Waals surface area (Å²) in [4.78, 5) is 21.2. The molecule has 0 aliphatic carbocycles. The Morgan fingerprint density at radius 3 is 2.38 bits per heavy atom. The van der Waals surface area contributed by atoms with Crippen LogP contribution < -0.4 is 5.56 Å². The van der Waals surface area contributed by atoms with Gasteiger partial charge in [-0.3, -0.25) is 4.79 Å². The van der Waals surface area contributed by atoms with E-state index in [-0.39, 0.29) is 17.4 Å². The molecule has 1 heterocycles. The van der Waals surface area contributed by atoms with Gasteiger partial charge in [0.05, 0.1) is 5.92 Å². The van der Waals surface area contributed by atoms with Crippen molar-refractivity contribution in [3.8, 4) is 0 Å². The van der Waals surface area contributed by atoms with Gasteiger partial charge in [-0.1, -0.05) is 13.8 Å². The summed E-state index contributed by atoms with van der Waals surface area (Å²) >= 11 is 0.